The Morgan fingerprint density at radius 3 is 2.48 bits per heavy atom. The van der Waals surface area contributed by atoms with Gasteiger partial charge < -0.3 is 20.1 Å². The quantitative estimate of drug-likeness (QED) is 0.494. The second kappa shape index (κ2) is 10.3. The lowest BCUT2D eigenvalue weighted by atomic mass is 10.1. The van der Waals surface area contributed by atoms with Gasteiger partial charge in [0.15, 0.2) is 0 Å². The maximum Gasteiger partial charge on any atom is 0.408 e. The van der Waals surface area contributed by atoms with E-state index in [1.807, 2.05) is 0 Å². The number of carbonyl (C=O) groups excluding carboxylic acids is 2. The van der Waals surface area contributed by atoms with Crippen LogP contribution in [0.25, 0.3) is 0 Å². The number of benzene rings is 1. The molecule has 2 N–H and O–H groups in total. The topological polar surface area (TPSA) is 144 Å². The summed E-state index contributed by atoms with van der Waals surface area (Å²) in [7, 11) is 1.35. The summed E-state index contributed by atoms with van der Waals surface area (Å²) >= 11 is 0. The normalized spacial score (nSPS) is 13.0. The lowest BCUT2D eigenvalue weighted by molar-refractivity contribution is -0.387. The van der Waals surface area contributed by atoms with Crippen LogP contribution < -0.4 is 10.6 Å². The summed E-state index contributed by atoms with van der Waals surface area (Å²) in [6.45, 7) is 4.85. The molecule has 0 aromatic heterocycles. The van der Waals surface area contributed by atoms with Crippen LogP contribution >= 0.6 is 0 Å². The molecular formula is C18H23FN4O6. The molecule has 1 aromatic carbocycles. The van der Waals surface area contributed by atoms with Crippen molar-refractivity contribution in [3.05, 3.63) is 39.7 Å². The van der Waals surface area contributed by atoms with Crippen molar-refractivity contribution in [1.82, 2.24) is 10.6 Å². The first-order valence-electron chi connectivity index (χ1n) is 8.58. The van der Waals surface area contributed by atoms with Crippen LogP contribution in [-0.4, -0.2) is 42.3 Å². The fourth-order valence-electron chi connectivity index (χ4n) is 2.30. The molecule has 0 aliphatic rings. The largest absolute Gasteiger partial charge is 0.444 e. The Morgan fingerprint density at radius 1 is 1.34 bits per heavy atom. The van der Waals surface area contributed by atoms with Crippen molar-refractivity contribution < 1.29 is 28.4 Å². The molecule has 0 fully saturated rings. The zero-order valence-electron chi connectivity index (χ0n) is 16.5. The zero-order chi connectivity index (χ0) is 22.2. The van der Waals surface area contributed by atoms with E-state index < -0.39 is 46.1 Å². The van der Waals surface area contributed by atoms with Crippen molar-refractivity contribution in [1.29, 1.82) is 5.26 Å². The first-order chi connectivity index (χ1) is 13.5. The van der Waals surface area contributed by atoms with Crippen molar-refractivity contribution in [3.63, 3.8) is 0 Å². The molecule has 11 heteroatoms. The van der Waals surface area contributed by atoms with E-state index in [0.717, 1.165) is 12.1 Å². The number of rotatable bonds is 8. The van der Waals surface area contributed by atoms with Crippen molar-refractivity contribution in [2.24, 2.45) is 0 Å². The number of hydrogen-bond acceptors (Lipinski definition) is 7. The number of nitro groups is 1. The predicted octanol–water partition coefficient (Wildman–Crippen LogP) is 2.34. The number of amides is 2. The fourth-order valence-corrected chi connectivity index (χ4v) is 2.30. The Morgan fingerprint density at radius 2 is 2.00 bits per heavy atom. The van der Waals surface area contributed by atoms with Crippen LogP contribution in [0.5, 0.6) is 0 Å². The number of hydrogen-bond donors (Lipinski definition) is 2. The molecule has 29 heavy (non-hydrogen) atoms. The third-order valence-electron chi connectivity index (χ3n) is 3.52. The van der Waals surface area contributed by atoms with Crippen LogP contribution in [0.4, 0.5) is 14.9 Å². The Bertz CT molecular complexity index is 803. The average molecular weight is 410 g/mol. The van der Waals surface area contributed by atoms with Gasteiger partial charge >= 0.3 is 11.8 Å². The summed E-state index contributed by atoms with van der Waals surface area (Å²) in [6.07, 6.45) is -1.21. The molecule has 0 saturated heterocycles. The van der Waals surface area contributed by atoms with Crippen LogP contribution in [0.15, 0.2) is 18.2 Å². The smallest absolute Gasteiger partial charge is 0.408 e. The second-order valence-corrected chi connectivity index (χ2v) is 7.05. The van der Waals surface area contributed by atoms with Gasteiger partial charge in [0.1, 0.15) is 11.6 Å². The molecule has 2 atom stereocenters. The maximum atomic E-state index is 13.9. The van der Waals surface area contributed by atoms with E-state index in [-0.39, 0.29) is 18.6 Å². The van der Waals surface area contributed by atoms with Crippen LogP contribution in [0, 0.1) is 27.3 Å². The molecule has 0 radical (unpaired) electrons. The zero-order valence-corrected chi connectivity index (χ0v) is 16.5. The van der Waals surface area contributed by atoms with Crippen molar-refractivity contribution >= 4 is 17.7 Å². The van der Waals surface area contributed by atoms with E-state index in [4.69, 9.17) is 14.7 Å². The van der Waals surface area contributed by atoms with Gasteiger partial charge in [-0.05, 0) is 38.5 Å². The summed E-state index contributed by atoms with van der Waals surface area (Å²) < 4.78 is 24.0. The first kappa shape index (κ1) is 23.8. The van der Waals surface area contributed by atoms with Gasteiger partial charge in [-0.15, -0.1) is 0 Å². The SMILES string of the molecule is COC[C@H](NC(=O)[C@H](CC#N)NC(=O)OC(C)(C)C)c1ccc([N+](=O)[O-])c(F)c1. The van der Waals surface area contributed by atoms with Crippen molar-refractivity contribution in [2.45, 2.75) is 44.9 Å². The third-order valence-corrected chi connectivity index (χ3v) is 3.52. The second-order valence-electron chi connectivity index (χ2n) is 7.05. The highest BCUT2D eigenvalue weighted by Gasteiger charge is 2.27. The summed E-state index contributed by atoms with van der Waals surface area (Å²) in [5.41, 5.74) is -1.28. The lowest BCUT2D eigenvalue weighted by Crippen LogP contribution is -2.49. The monoisotopic (exact) mass is 410 g/mol. The van der Waals surface area contributed by atoms with E-state index in [2.05, 4.69) is 10.6 Å². The molecule has 0 aliphatic carbocycles. The van der Waals surface area contributed by atoms with Gasteiger partial charge in [0.05, 0.1) is 30.1 Å². The highest BCUT2D eigenvalue weighted by atomic mass is 19.1. The molecular weight excluding hydrogens is 387 g/mol. The van der Waals surface area contributed by atoms with Gasteiger partial charge in [-0.1, -0.05) is 0 Å². The van der Waals surface area contributed by atoms with E-state index in [1.165, 1.54) is 13.2 Å². The Hall–Kier alpha value is -3.26. The molecule has 1 rings (SSSR count). The number of carbonyl (C=O) groups is 2. The number of nitrogens with one attached hydrogen (secondary N) is 2. The number of methoxy groups -OCH3 is 1. The van der Waals surface area contributed by atoms with E-state index >= 15 is 0 Å². The van der Waals surface area contributed by atoms with Crippen LogP contribution in [-0.2, 0) is 14.3 Å². The molecule has 0 saturated carbocycles. The molecule has 0 aliphatic heterocycles. The maximum absolute atomic E-state index is 13.9. The first-order valence-corrected chi connectivity index (χ1v) is 8.58. The molecule has 2 amide bonds. The summed E-state index contributed by atoms with van der Waals surface area (Å²) in [5, 5.41) is 24.6. The van der Waals surface area contributed by atoms with Crippen molar-refractivity contribution in [3.8, 4) is 6.07 Å². The fraction of sp³-hybridized carbons (Fsp3) is 0.500. The van der Waals surface area contributed by atoms with Crippen molar-refractivity contribution in [2.75, 3.05) is 13.7 Å². The van der Waals surface area contributed by atoms with E-state index in [1.54, 1.807) is 26.8 Å². The van der Waals surface area contributed by atoms with Gasteiger partial charge in [-0.25, -0.2) is 4.79 Å². The van der Waals surface area contributed by atoms with Crippen LogP contribution in [0.3, 0.4) is 0 Å². The van der Waals surface area contributed by atoms with Gasteiger partial charge in [0.25, 0.3) is 0 Å². The highest BCUT2D eigenvalue weighted by Crippen LogP contribution is 2.22. The number of nitrogens with zero attached hydrogens (tertiary/aromatic N) is 2. The molecule has 10 nitrogen and oxygen atoms in total. The lowest BCUT2D eigenvalue weighted by Gasteiger charge is -2.24. The Kier molecular flexibility index (Phi) is 8.47. The average Bonchev–Trinajstić information content (AvgIpc) is 2.58. The number of halogens is 1. The molecule has 0 bridgehead atoms. The van der Waals surface area contributed by atoms with E-state index in [9.17, 15) is 24.1 Å². The number of alkyl carbamates (subject to hydrolysis) is 1. The summed E-state index contributed by atoms with van der Waals surface area (Å²) in [5.74, 6) is -1.79. The number of nitro benzene ring substituents is 1. The predicted molar refractivity (Wildman–Crippen MR) is 99.2 cm³/mol. The minimum absolute atomic E-state index is 0.0747. The van der Waals surface area contributed by atoms with Gasteiger partial charge in [0.2, 0.25) is 11.7 Å². The Balaban J connectivity index is 2.98. The number of nitriles is 1. The number of ether oxygens (including phenoxy) is 2. The molecule has 1 aromatic rings. The molecule has 158 valence electrons. The molecule has 0 unspecified atom stereocenters. The third kappa shape index (κ3) is 7.71. The standard InChI is InChI=1S/C18H23FN4O6/c1-18(2,3)29-17(25)22-13(7-8-20)16(24)21-14(10-28-4)11-5-6-15(23(26)27)12(19)9-11/h5-6,9,13-14H,7,10H2,1-4H3,(H,21,24)(H,22,25)/t13-,14-/m0/s1. The minimum atomic E-state index is -1.22. The summed E-state index contributed by atoms with van der Waals surface area (Å²) in [4.78, 5) is 34.4. The van der Waals surface area contributed by atoms with Gasteiger partial charge in [0, 0.05) is 13.2 Å². The minimum Gasteiger partial charge on any atom is -0.444 e. The van der Waals surface area contributed by atoms with E-state index in [0.29, 0.717) is 0 Å². The van der Waals surface area contributed by atoms with Gasteiger partial charge in [-0.2, -0.15) is 9.65 Å². The van der Waals surface area contributed by atoms with Crippen LogP contribution in [0.2, 0.25) is 0 Å². The summed E-state index contributed by atoms with van der Waals surface area (Å²) in [6, 6.07) is 2.88. The Labute approximate surface area is 167 Å². The molecule has 0 heterocycles. The van der Waals surface area contributed by atoms with Gasteiger partial charge in [-0.3, -0.25) is 14.9 Å². The highest BCUT2D eigenvalue weighted by molar-refractivity contribution is 5.86. The van der Waals surface area contributed by atoms with Crippen LogP contribution in [0.1, 0.15) is 38.8 Å². The molecule has 0 spiro atoms.